The van der Waals surface area contributed by atoms with Crippen LogP contribution in [-0.2, 0) is 14.8 Å². The van der Waals surface area contributed by atoms with Gasteiger partial charge in [0.25, 0.3) is 0 Å². The van der Waals surface area contributed by atoms with Gasteiger partial charge in [-0.05, 0) is 19.1 Å². The molecule has 0 aliphatic heterocycles. The number of hydrogen-bond acceptors (Lipinski definition) is 5. The molecule has 0 spiro atoms. The number of carbonyl (C=O) groups is 1. The number of carboxylic acid groups (broad SMARTS) is 1. The van der Waals surface area contributed by atoms with E-state index in [1.807, 2.05) is 0 Å². The van der Waals surface area contributed by atoms with E-state index >= 15 is 0 Å². The van der Waals surface area contributed by atoms with Gasteiger partial charge in [0.2, 0.25) is 10.0 Å². The number of phenolic OH excluding ortho intramolecular Hbond substituents is 1. The van der Waals surface area contributed by atoms with Crippen molar-refractivity contribution < 1.29 is 28.2 Å². The van der Waals surface area contributed by atoms with Crippen LogP contribution in [0.15, 0.2) is 18.2 Å². The van der Waals surface area contributed by atoms with Gasteiger partial charge in [-0.2, -0.15) is 0 Å². The molecule has 0 heterocycles. The van der Waals surface area contributed by atoms with Gasteiger partial charge < -0.3 is 14.9 Å². The smallest absolute Gasteiger partial charge is 0.323 e. The van der Waals surface area contributed by atoms with Crippen LogP contribution >= 0.6 is 0 Å². The zero-order valence-electron chi connectivity index (χ0n) is 9.75. The van der Waals surface area contributed by atoms with Gasteiger partial charge in [-0.25, -0.2) is 8.42 Å². The fourth-order valence-corrected chi connectivity index (χ4v) is 2.04. The Morgan fingerprint density at radius 3 is 2.50 bits per heavy atom. The highest BCUT2D eigenvalue weighted by atomic mass is 32.2. The number of rotatable bonds is 5. The molecule has 0 aliphatic carbocycles. The number of sulfonamides is 1. The van der Waals surface area contributed by atoms with Gasteiger partial charge in [0, 0.05) is 6.07 Å². The summed E-state index contributed by atoms with van der Waals surface area (Å²) >= 11 is 0. The van der Waals surface area contributed by atoms with Crippen LogP contribution < -0.4 is 9.46 Å². The number of benzene rings is 1. The number of ether oxygens (including phenoxy) is 1. The summed E-state index contributed by atoms with van der Waals surface area (Å²) in [6.45, 7) is 1.05. The van der Waals surface area contributed by atoms with E-state index in [9.17, 15) is 18.3 Å². The zero-order chi connectivity index (χ0) is 13.9. The maximum absolute atomic E-state index is 11.6. The van der Waals surface area contributed by atoms with E-state index in [4.69, 9.17) is 9.84 Å². The number of aliphatic carboxylic acids is 1. The summed E-state index contributed by atoms with van der Waals surface area (Å²) in [6.07, 6.45) is 0. The Hall–Kier alpha value is -1.96. The lowest BCUT2D eigenvalue weighted by atomic mass is 10.3. The molecule has 0 bridgehead atoms. The van der Waals surface area contributed by atoms with Crippen LogP contribution in [0.1, 0.15) is 6.92 Å². The molecule has 3 N–H and O–H groups in total. The molecule has 100 valence electrons. The first-order chi connectivity index (χ1) is 8.27. The molecule has 1 aromatic carbocycles. The molecule has 0 aliphatic rings. The van der Waals surface area contributed by atoms with Gasteiger partial charge in [-0.3, -0.25) is 9.52 Å². The summed E-state index contributed by atoms with van der Waals surface area (Å²) in [5.74, 6) is -1.52. The number of aromatic hydroxyl groups is 1. The molecule has 18 heavy (non-hydrogen) atoms. The lowest BCUT2D eigenvalue weighted by molar-refractivity contribution is -0.136. The summed E-state index contributed by atoms with van der Waals surface area (Å²) in [5.41, 5.74) is 0.0569. The third-order valence-electron chi connectivity index (χ3n) is 2.25. The average Bonchev–Trinajstić information content (AvgIpc) is 2.27. The van der Waals surface area contributed by atoms with E-state index in [2.05, 4.69) is 4.72 Å². The van der Waals surface area contributed by atoms with E-state index < -0.39 is 21.2 Å². The lowest BCUT2D eigenvalue weighted by Crippen LogP contribution is -2.32. The van der Waals surface area contributed by atoms with Crippen molar-refractivity contribution >= 4 is 21.7 Å². The maximum atomic E-state index is 11.6. The highest BCUT2D eigenvalue weighted by molar-refractivity contribution is 7.94. The molecule has 0 saturated heterocycles. The normalized spacial score (nSPS) is 12.8. The predicted molar refractivity (Wildman–Crippen MR) is 64.3 cm³/mol. The van der Waals surface area contributed by atoms with Gasteiger partial charge in [-0.1, -0.05) is 0 Å². The summed E-state index contributed by atoms with van der Waals surface area (Å²) in [7, 11) is -2.70. The molecule has 0 fully saturated rings. The molecule has 0 saturated carbocycles. The first-order valence-corrected chi connectivity index (χ1v) is 6.44. The van der Waals surface area contributed by atoms with Crippen LogP contribution in [0.4, 0.5) is 5.69 Å². The summed E-state index contributed by atoms with van der Waals surface area (Å²) in [6, 6.07) is 3.84. The van der Waals surface area contributed by atoms with Gasteiger partial charge in [0.15, 0.2) is 16.7 Å². The van der Waals surface area contributed by atoms with Crippen LogP contribution in [0.5, 0.6) is 11.5 Å². The molecular weight excluding hydrogens is 262 g/mol. The second-order valence-electron chi connectivity index (χ2n) is 3.51. The van der Waals surface area contributed by atoms with Crippen LogP contribution in [-0.4, -0.2) is 37.0 Å². The predicted octanol–water partition coefficient (Wildman–Crippen LogP) is 0.616. The quantitative estimate of drug-likeness (QED) is 0.726. The topological polar surface area (TPSA) is 113 Å². The fraction of sp³-hybridized carbons (Fsp3) is 0.300. The Morgan fingerprint density at radius 1 is 1.44 bits per heavy atom. The first kappa shape index (κ1) is 14.1. The highest BCUT2D eigenvalue weighted by Crippen LogP contribution is 2.29. The van der Waals surface area contributed by atoms with Gasteiger partial charge in [0.1, 0.15) is 0 Å². The molecule has 0 radical (unpaired) electrons. The van der Waals surface area contributed by atoms with Crippen molar-refractivity contribution in [3.05, 3.63) is 18.2 Å². The standard InChI is InChI=1S/C10H13NO6S/c1-6(10(13)14)18(15,16)11-7-3-4-9(17-2)8(12)5-7/h3-6,11-12H,1-2H3,(H,13,14). The molecule has 1 rings (SSSR count). The Morgan fingerprint density at radius 2 is 2.06 bits per heavy atom. The minimum absolute atomic E-state index is 0.0569. The Kier molecular flexibility index (Phi) is 4.02. The number of nitrogens with one attached hydrogen (secondary N) is 1. The number of hydrogen-bond donors (Lipinski definition) is 3. The lowest BCUT2D eigenvalue weighted by Gasteiger charge is -2.12. The molecule has 0 aromatic heterocycles. The largest absolute Gasteiger partial charge is 0.504 e. The average molecular weight is 275 g/mol. The second kappa shape index (κ2) is 5.13. The molecule has 7 nitrogen and oxygen atoms in total. The second-order valence-corrected chi connectivity index (χ2v) is 5.52. The number of anilines is 1. The molecule has 8 heteroatoms. The minimum atomic E-state index is -4.05. The highest BCUT2D eigenvalue weighted by Gasteiger charge is 2.27. The fourth-order valence-electron chi connectivity index (χ4n) is 1.14. The molecule has 1 aromatic rings. The molecule has 0 amide bonds. The zero-order valence-corrected chi connectivity index (χ0v) is 10.6. The maximum Gasteiger partial charge on any atom is 0.323 e. The SMILES string of the molecule is COc1ccc(NS(=O)(=O)C(C)C(=O)O)cc1O. The van der Waals surface area contributed by atoms with Crippen molar-refractivity contribution in [3.63, 3.8) is 0 Å². The Bertz CT molecular complexity index is 553. The summed E-state index contributed by atoms with van der Waals surface area (Å²) < 4.78 is 30.1. The van der Waals surface area contributed by atoms with Crippen LogP contribution in [0.2, 0.25) is 0 Å². The third kappa shape index (κ3) is 3.04. The van der Waals surface area contributed by atoms with Crippen molar-refractivity contribution in [2.24, 2.45) is 0 Å². The van der Waals surface area contributed by atoms with Crippen molar-refractivity contribution in [2.75, 3.05) is 11.8 Å². The van der Waals surface area contributed by atoms with Crippen molar-refractivity contribution in [2.45, 2.75) is 12.2 Å². The van der Waals surface area contributed by atoms with E-state index in [0.717, 1.165) is 13.0 Å². The van der Waals surface area contributed by atoms with Crippen molar-refractivity contribution in [1.82, 2.24) is 0 Å². The van der Waals surface area contributed by atoms with Crippen molar-refractivity contribution in [3.8, 4) is 11.5 Å². The van der Waals surface area contributed by atoms with Crippen LogP contribution in [0, 0.1) is 0 Å². The number of phenols is 1. The van der Waals surface area contributed by atoms with Gasteiger partial charge in [-0.15, -0.1) is 0 Å². The Labute approximate surface area is 104 Å². The van der Waals surface area contributed by atoms with Gasteiger partial charge >= 0.3 is 5.97 Å². The third-order valence-corrected chi connectivity index (χ3v) is 3.90. The Balaban J connectivity index is 2.98. The summed E-state index contributed by atoms with van der Waals surface area (Å²) in [4.78, 5) is 10.6. The molecule has 1 atom stereocenters. The van der Waals surface area contributed by atoms with E-state index in [1.165, 1.54) is 19.2 Å². The van der Waals surface area contributed by atoms with Crippen LogP contribution in [0.3, 0.4) is 0 Å². The van der Waals surface area contributed by atoms with E-state index in [0.29, 0.717) is 0 Å². The number of methoxy groups -OCH3 is 1. The molecular formula is C10H13NO6S. The summed E-state index contributed by atoms with van der Waals surface area (Å²) in [5, 5.41) is 16.5. The first-order valence-electron chi connectivity index (χ1n) is 4.89. The minimum Gasteiger partial charge on any atom is -0.504 e. The van der Waals surface area contributed by atoms with E-state index in [-0.39, 0.29) is 17.2 Å². The van der Waals surface area contributed by atoms with Crippen LogP contribution in [0.25, 0.3) is 0 Å². The monoisotopic (exact) mass is 275 g/mol. The van der Waals surface area contributed by atoms with E-state index in [1.54, 1.807) is 0 Å². The van der Waals surface area contributed by atoms with Crippen molar-refractivity contribution in [1.29, 1.82) is 0 Å². The van der Waals surface area contributed by atoms with Gasteiger partial charge in [0.05, 0.1) is 12.8 Å². The number of carboxylic acids is 1. The molecule has 1 unspecified atom stereocenters.